The predicted molar refractivity (Wildman–Crippen MR) is 60.0 cm³/mol. The molecule has 1 aliphatic heterocycles. The molecule has 1 fully saturated rings. The lowest BCUT2D eigenvalue weighted by molar-refractivity contribution is -0.0269. The average Bonchev–Trinajstić information content (AvgIpc) is 2.29. The van der Waals surface area contributed by atoms with E-state index in [1.54, 1.807) is 0 Å². The third-order valence-electron chi connectivity index (χ3n) is 3.09. The van der Waals surface area contributed by atoms with Crippen LogP contribution in [0.15, 0.2) is 24.3 Å². The highest BCUT2D eigenvalue weighted by Crippen LogP contribution is 2.28. The van der Waals surface area contributed by atoms with Crippen LogP contribution < -0.4 is 0 Å². The Labute approximate surface area is 90.9 Å². The second-order valence-electron chi connectivity index (χ2n) is 4.33. The third kappa shape index (κ3) is 2.58. The van der Waals surface area contributed by atoms with Crippen LogP contribution in [0.1, 0.15) is 29.9 Å². The molecule has 2 atom stereocenters. The van der Waals surface area contributed by atoms with Crippen molar-refractivity contribution in [3.8, 4) is 0 Å². The van der Waals surface area contributed by atoms with Gasteiger partial charge in [-0.05, 0) is 25.3 Å². The van der Waals surface area contributed by atoms with Gasteiger partial charge in [-0.1, -0.05) is 29.8 Å². The van der Waals surface area contributed by atoms with Gasteiger partial charge in [0, 0.05) is 5.92 Å². The lowest BCUT2D eigenvalue weighted by Gasteiger charge is -2.28. The summed E-state index contributed by atoms with van der Waals surface area (Å²) in [6, 6.07) is 8.61. The molecule has 82 valence electrons. The summed E-state index contributed by atoms with van der Waals surface area (Å²) in [5.74, 6) is 0.507. The molecule has 1 N–H and O–H groups in total. The summed E-state index contributed by atoms with van der Waals surface area (Å²) in [5.41, 5.74) is 2.67. The van der Waals surface area contributed by atoms with Crippen LogP contribution in [0.3, 0.4) is 0 Å². The standard InChI is InChI=1S/C13H18O2/c1-10-3-2-4-11(7-10)12-5-6-13(8-14)15-9-12/h2-4,7,12-14H,5-6,8-9H2,1H3/t12-,13-/m0/s1. The minimum atomic E-state index is 0.0612. The van der Waals surface area contributed by atoms with Crippen LogP contribution in [-0.2, 0) is 4.74 Å². The maximum atomic E-state index is 8.97. The molecular formula is C13H18O2. The van der Waals surface area contributed by atoms with Gasteiger partial charge in [0.05, 0.1) is 19.3 Å². The van der Waals surface area contributed by atoms with Crippen molar-refractivity contribution in [3.05, 3.63) is 35.4 Å². The van der Waals surface area contributed by atoms with Crippen molar-refractivity contribution in [2.24, 2.45) is 0 Å². The maximum absolute atomic E-state index is 8.97. The van der Waals surface area contributed by atoms with Crippen LogP contribution in [-0.4, -0.2) is 24.4 Å². The van der Waals surface area contributed by atoms with Crippen LogP contribution >= 0.6 is 0 Å². The summed E-state index contributed by atoms with van der Waals surface area (Å²) in [5, 5.41) is 8.97. The Kier molecular flexibility index (Phi) is 3.39. The Balaban J connectivity index is 2.01. The first-order chi connectivity index (χ1) is 7.29. The molecule has 0 aromatic heterocycles. The van der Waals surface area contributed by atoms with E-state index in [4.69, 9.17) is 9.84 Å². The lowest BCUT2D eigenvalue weighted by atomic mass is 9.91. The number of aliphatic hydroxyl groups excluding tert-OH is 1. The fourth-order valence-corrected chi connectivity index (χ4v) is 2.14. The number of aryl methyl sites for hydroxylation is 1. The molecule has 2 heteroatoms. The normalized spacial score (nSPS) is 26.5. The van der Waals surface area contributed by atoms with Gasteiger partial charge >= 0.3 is 0 Å². The van der Waals surface area contributed by atoms with Crippen LogP contribution in [0.25, 0.3) is 0 Å². The Bertz CT molecular complexity index is 314. The van der Waals surface area contributed by atoms with Gasteiger partial charge in [-0.3, -0.25) is 0 Å². The lowest BCUT2D eigenvalue weighted by Crippen LogP contribution is -2.27. The van der Waals surface area contributed by atoms with E-state index < -0.39 is 0 Å². The van der Waals surface area contributed by atoms with E-state index in [1.807, 2.05) is 0 Å². The molecule has 0 aliphatic carbocycles. The van der Waals surface area contributed by atoms with Gasteiger partial charge in [0.1, 0.15) is 0 Å². The zero-order chi connectivity index (χ0) is 10.7. The van der Waals surface area contributed by atoms with Gasteiger partial charge < -0.3 is 9.84 Å². The number of rotatable bonds is 2. The molecule has 0 bridgehead atoms. The van der Waals surface area contributed by atoms with Crippen LogP contribution in [0.5, 0.6) is 0 Å². The van der Waals surface area contributed by atoms with Gasteiger partial charge in [0.25, 0.3) is 0 Å². The fourth-order valence-electron chi connectivity index (χ4n) is 2.14. The first-order valence-electron chi connectivity index (χ1n) is 5.58. The highest BCUT2D eigenvalue weighted by Gasteiger charge is 2.22. The largest absolute Gasteiger partial charge is 0.394 e. The van der Waals surface area contributed by atoms with Crippen molar-refractivity contribution in [2.45, 2.75) is 31.8 Å². The van der Waals surface area contributed by atoms with Gasteiger partial charge in [0.2, 0.25) is 0 Å². The molecule has 0 saturated carbocycles. The molecule has 15 heavy (non-hydrogen) atoms. The predicted octanol–water partition coefficient (Wildman–Crippen LogP) is 2.25. The first-order valence-corrected chi connectivity index (χ1v) is 5.58. The Morgan fingerprint density at radius 1 is 1.40 bits per heavy atom. The van der Waals surface area contributed by atoms with E-state index >= 15 is 0 Å². The number of aliphatic hydroxyl groups is 1. The minimum Gasteiger partial charge on any atom is -0.394 e. The van der Waals surface area contributed by atoms with E-state index in [0.717, 1.165) is 19.4 Å². The zero-order valence-electron chi connectivity index (χ0n) is 9.15. The van der Waals surface area contributed by atoms with E-state index in [9.17, 15) is 0 Å². The third-order valence-corrected chi connectivity index (χ3v) is 3.09. The van der Waals surface area contributed by atoms with Crippen molar-refractivity contribution in [3.63, 3.8) is 0 Å². The fraction of sp³-hybridized carbons (Fsp3) is 0.538. The van der Waals surface area contributed by atoms with E-state index in [0.29, 0.717) is 5.92 Å². The smallest absolute Gasteiger partial charge is 0.0806 e. The zero-order valence-corrected chi connectivity index (χ0v) is 9.15. The van der Waals surface area contributed by atoms with Crippen molar-refractivity contribution < 1.29 is 9.84 Å². The summed E-state index contributed by atoms with van der Waals surface area (Å²) < 4.78 is 5.58. The number of benzene rings is 1. The summed E-state index contributed by atoms with van der Waals surface area (Å²) in [4.78, 5) is 0. The van der Waals surface area contributed by atoms with Crippen LogP contribution in [0, 0.1) is 6.92 Å². The molecule has 0 radical (unpaired) electrons. The van der Waals surface area contributed by atoms with Gasteiger partial charge in [-0.15, -0.1) is 0 Å². The molecule has 2 rings (SSSR count). The van der Waals surface area contributed by atoms with Crippen LogP contribution in [0.2, 0.25) is 0 Å². The van der Waals surface area contributed by atoms with Crippen molar-refractivity contribution in [1.29, 1.82) is 0 Å². The van der Waals surface area contributed by atoms with Gasteiger partial charge in [-0.2, -0.15) is 0 Å². The van der Waals surface area contributed by atoms with E-state index in [-0.39, 0.29) is 12.7 Å². The maximum Gasteiger partial charge on any atom is 0.0806 e. The number of hydrogen-bond acceptors (Lipinski definition) is 2. The van der Waals surface area contributed by atoms with Crippen LogP contribution in [0.4, 0.5) is 0 Å². The molecule has 1 aromatic rings. The highest BCUT2D eigenvalue weighted by atomic mass is 16.5. The number of ether oxygens (including phenoxy) is 1. The molecule has 0 spiro atoms. The van der Waals surface area contributed by atoms with Gasteiger partial charge in [-0.25, -0.2) is 0 Å². The first kappa shape index (κ1) is 10.7. The molecule has 0 unspecified atom stereocenters. The molecule has 1 heterocycles. The number of hydrogen-bond donors (Lipinski definition) is 1. The Morgan fingerprint density at radius 2 is 2.27 bits per heavy atom. The Morgan fingerprint density at radius 3 is 2.87 bits per heavy atom. The second kappa shape index (κ2) is 4.77. The van der Waals surface area contributed by atoms with E-state index in [1.165, 1.54) is 11.1 Å². The van der Waals surface area contributed by atoms with E-state index in [2.05, 4.69) is 31.2 Å². The molecule has 0 amide bonds. The summed E-state index contributed by atoms with van der Waals surface area (Å²) in [6.45, 7) is 3.01. The summed E-state index contributed by atoms with van der Waals surface area (Å²) in [6.07, 6.45) is 2.15. The molecular weight excluding hydrogens is 188 g/mol. The minimum absolute atomic E-state index is 0.0612. The SMILES string of the molecule is Cc1cccc([C@H]2CC[C@@H](CO)OC2)c1. The molecule has 1 aliphatic rings. The average molecular weight is 206 g/mol. The molecule has 1 saturated heterocycles. The molecule has 2 nitrogen and oxygen atoms in total. The van der Waals surface area contributed by atoms with Crippen molar-refractivity contribution in [2.75, 3.05) is 13.2 Å². The highest BCUT2D eigenvalue weighted by molar-refractivity contribution is 5.25. The van der Waals surface area contributed by atoms with Crippen molar-refractivity contribution >= 4 is 0 Å². The quantitative estimate of drug-likeness (QED) is 0.804. The summed E-state index contributed by atoms with van der Waals surface area (Å²) in [7, 11) is 0. The molecule has 1 aromatic carbocycles. The Hall–Kier alpha value is -0.860. The van der Waals surface area contributed by atoms with Gasteiger partial charge in [0.15, 0.2) is 0 Å². The van der Waals surface area contributed by atoms with Crippen molar-refractivity contribution in [1.82, 2.24) is 0 Å². The monoisotopic (exact) mass is 206 g/mol. The summed E-state index contributed by atoms with van der Waals surface area (Å²) >= 11 is 0. The second-order valence-corrected chi connectivity index (χ2v) is 4.33. The topological polar surface area (TPSA) is 29.5 Å².